The molecule has 24 heavy (non-hydrogen) atoms. The molecule has 1 aliphatic carbocycles. The Morgan fingerprint density at radius 1 is 1.00 bits per heavy atom. The van der Waals surface area contributed by atoms with Crippen molar-refractivity contribution in [1.29, 1.82) is 0 Å². The van der Waals surface area contributed by atoms with Crippen molar-refractivity contribution in [2.24, 2.45) is 0 Å². The topological polar surface area (TPSA) is 33.3 Å². The molecule has 2 aromatic rings. The van der Waals surface area contributed by atoms with Gasteiger partial charge in [-0.3, -0.25) is 0 Å². The molecule has 3 nitrogen and oxygen atoms in total. The van der Waals surface area contributed by atoms with E-state index in [0.717, 1.165) is 18.5 Å². The van der Waals surface area contributed by atoms with Gasteiger partial charge >= 0.3 is 6.61 Å². The number of alkyl halides is 2. The highest BCUT2D eigenvalue weighted by molar-refractivity contribution is 7.80. The molecule has 0 heterocycles. The van der Waals surface area contributed by atoms with Gasteiger partial charge in [0.2, 0.25) is 0 Å². The highest BCUT2D eigenvalue weighted by Gasteiger charge is 2.13. The first-order chi connectivity index (χ1) is 11.6. The van der Waals surface area contributed by atoms with Crippen LogP contribution in [0.5, 0.6) is 5.75 Å². The lowest BCUT2D eigenvalue weighted by Crippen LogP contribution is -2.20. The Bertz CT molecular complexity index is 719. The lowest BCUT2D eigenvalue weighted by Gasteiger charge is -2.20. The molecule has 126 valence electrons. The summed E-state index contributed by atoms with van der Waals surface area (Å²) in [5.74, 6) is 0.117. The number of anilines is 2. The normalized spacial score (nSPS) is 13.3. The minimum Gasteiger partial charge on any atom is -0.435 e. The summed E-state index contributed by atoms with van der Waals surface area (Å²) in [6, 6.07) is 12.5. The summed E-state index contributed by atoms with van der Waals surface area (Å²) < 4.78 is 28.6. The number of nitrogens with one attached hydrogen (secondary N) is 2. The molecular formula is C18H18F2N2OS. The van der Waals surface area contributed by atoms with E-state index >= 15 is 0 Å². The molecule has 0 unspecified atom stereocenters. The van der Waals surface area contributed by atoms with Crippen molar-refractivity contribution in [2.75, 3.05) is 10.6 Å². The van der Waals surface area contributed by atoms with E-state index in [1.54, 1.807) is 12.1 Å². The van der Waals surface area contributed by atoms with Gasteiger partial charge in [0.15, 0.2) is 5.11 Å². The van der Waals surface area contributed by atoms with Crippen molar-refractivity contribution >= 4 is 28.7 Å². The number of fused-ring (bicyclic) bond motifs is 1. The summed E-state index contributed by atoms with van der Waals surface area (Å²) in [5.41, 5.74) is 4.44. The molecule has 0 atom stereocenters. The van der Waals surface area contributed by atoms with Gasteiger partial charge in [0.05, 0.1) is 0 Å². The summed E-state index contributed by atoms with van der Waals surface area (Å²) in [7, 11) is 0. The number of ether oxygens (including phenoxy) is 1. The third kappa shape index (κ3) is 4.20. The molecule has 6 heteroatoms. The molecule has 0 fully saturated rings. The van der Waals surface area contributed by atoms with E-state index in [2.05, 4.69) is 21.4 Å². The maximum absolute atomic E-state index is 12.1. The van der Waals surface area contributed by atoms with Crippen LogP contribution in [0.4, 0.5) is 20.2 Å². The molecule has 0 radical (unpaired) electrons. The Labute approximate surface area is 145 Å². The van der Waals surface area contributed by atoms with E-state index in [1.807, 2.05) is 12.1 Å². The van der Waals surface area contributed by atoms with Crippen LogP contribution in [0.2, 0.25) is 0 Å². The van der Waals surface area contributed by atoms with Crippen LogP contribution in [-0.2, 0) is 12.8 Å². The van der Waals surface area contributed by atoms with Crippen LogP contribution in [0.3, 0.4) is 0 Å². The summed E-state index contributed by atoms with van der Waals surface area (Å²) in [6.07, 6.45) is 4.58. The zero-order valence-corrected chi connectivity index (χ0v) is 13.8. The van der Waals surface area contributed by atoms with Gasteiger partial charge < -0.3 is 15.4 Å². The summed E-state index contributed by atoms with van der Waals surface area (Å²) >= 11 is 5.35. The number of thiocarbonyl (C=S) groups is 1. The number of aryl methyl sites for hydroxylation is 1. The second kappa shape index (κ2) is 7.57. The molecule has 0 aromatic heterocycles. The molecule has 0 saturated heterocycles. The Balaban J connectivity index is 1.64. The van der Waals surface area contributed by atoms with Crippen molar-refractivity contribution in [2.45, 2.75) is 32.3 Å². The summed E-state index contributed by atoms with van der Waals surface area (Å²) in [6.45, 7) is -2.82. The fourth-order valence-corrected chi connectivity index (χ4v) is 3.13. The van der Waals surface area contributed by atoms with Crippen LogP contribution in [0.1, 0.15) is 24.0 Å². The molecular weight excluding hydrogens is 330 g/mol. The van der Waals surface area contributed by atoms with E-state index < -0.39 is 6.61 Å². The van der Waals surface area contributed by atoms with Crippen molar-refractivity contribution in [3.8, 4) is 5.75 Å². The van der Waals surface area contributed by atoms with Gasteiger partial charge in [-0.15, -0.1) is 0 Å². The number of halogens is 2. The quantitative estimate of drug-likeness (QED) is 0.764. The summed E-state index contributed by atoms with van der Waals surface area (Å²) in [4.78, 5) is 0. The molecule has 2 N–H and O–H groups in total. The monoisotopic (exact) mass is 348 g/mol. The van der Waals surface area contributed by atoms with Gasteiger partial charge in [-0.2, -0.15) is 8.78 Å². The second-order valence-electron chi connectivity index (χ2n) is 5.63. The third-order valence-electron chi connectivity index (χ3n) is 3.98. The van der Waals surface area contributed by atoms with Crippen LogP contribution in [0.25, 0.3) is 0 Å². The first-order valence-corrected chi connectivity index (χ1v) is 8.26. The van der Waals surface area contributed by atoms with Gasteiger partial charge in [-0.1, -0.05) is 12.1 Å². The Kier molecular flexibility index (Phi) is 5.25. The average Bonchev–Trinajstić information content (AvgIpc) is 2.56. The minimum absolute atomic E-state index is 0.117. The fraction of sp³-hybridized carbons (Fsp3) is 0.278. The molecule has 0 bridgehead atoms. The predicted molar refractivity (Wildman–Crippen MR) is 96.0 cm³/mol. The third-order valence-corrected chi connectivity index (χ3v) is 4.19. The highest BCUT2D eigenvalue weighted by Crippen LogP contribution is 2.28. The van der Waals surface area contributed by atoms with Crippen LogP contribution in [-0.4, -0.2) is 11.7 Å². The molecule has 3 rings (SSSR count). The lowest BCUT2D eigenvalue weighted by atomic mass is 9.90. The van der Waals surface area contributed by atoms with Crippen molar-refractivity contribution in [3.63, 3.8) is 0 Å². The van der Waals surface area contributed by atoms with Crippen LogP contribution < -0.4 is 15.4 Å². The first kappa shape index (κ1) is 16.6. The summed E-state index contributed by atoms with van der Waals surface area (Å²) in [5, 5.41) is 6.76. The zero-order chi connectivity index (χ0) is 16.9. The predicted octanol–water partition coefficient (Wildman–Crippen LogP) is 4.98. The molecule has 0 spiro atoms. The Morgan fingerprint density at radius 2 is 1.75 bits per heavy atom. The van der Waals surface area contributed by atoms with Crippen molar-refractivity contribution in [1.82, 2.24) is 0 Å². The first-order valence-electron chi connectivity index (χ1n) is 7.85. The van der Waals surface area contributed by atoms with Gasteiger partial charge in [-0.05, 0) is 79.4 Å². The van der Waals surface area contributed by atoms with E-state index in [4.69, 9.17) is 12.2 Å². The van der Waals surface area contributed by atoms with Gasteiger partial charge in [-0.25, -0.2) is 0 Å². The zero-order valence-electron chi connectivity index (χ0n) is 13.0. The maximum Gasteiger partial charge on any atom is 0.387 e. The SMILES string of the molecule is FC(F)Oc1ccc(NC(=S)Nc2cccc3c2CCCC3)cc1. The van der Waals surface area contributed by atoms with Crippen molar-refractivity contribution < 1.29 is 13.5 Å². The van der Waals surface area contributed by atoms with Crippen LogP contribution >= 0.6 is 12.2 Å². The van der Waals surface area contributed by atoms with Gasteiger partial charge in [0, 0.05) is 11.4 Å². The van der Waals surface area contributed by atoms with Gasteiger partial charge in [0.1, 0.15) is 5.75 Å². The standard InChI is InChI=1S/C18H18F2N2OS/c19-17(20)23-14-10-8-13(9-11-14)21-18(24)22-16-7-3-5-12-4-1-2-6-15(12)16/h3,5,7-11,17H,1-2,4,6H2,(H2,21,22,24). The highest BCUT2D eigenvalue weighted by atomic mass is 32.1. The Morgan fingerprint density at radius 3 is 2.50 bits per heavy atom. The van der Waals surface area contributed by atoms with E-state index in [9.17, 15) is 8.78 Å². The van der Waals surface area contributed by atoms with Crippen LogP contribution in [0.15, 0.2) is 42.5 Å². The van der Waals surface area contributed by atoms with E-state index in [-0.39, 0.29) is 5.75 Å². The number of benzene rings is 2. The maximum atomic E-state index is 12.1. The lowest BCUT2D eigenvalue weighted by molar-refractivity contribution is -0.0498. The Hall–Kier alpha value is -2.21. The van der Waals surface area contributed by atoms with Crippen molar-refractivity contribution in [3.05, 3.63) is 53.6 Å². The number of rotatable bonds is 4. The number of hydrogen-bond donors (Lipinski definition) is 2. The molecule has 1 aliphatic rings. The van der Waals surface area contributed by atoms with E-state index in [0.29, 0.717) is 10.8 Å². The molecule has 0 aliphatic heterocycles. The average molecular weight is 348 g/mol. The number of hydrogen-bond acceptors (Lipinski definition) is 2. The fourth-order valence-electron chi connectivity index (χ4n) is 2.90. The minimum atomic E-state index is -2.82. The molecule has 0 saturated carbocycles. The molecule has 2 aromatic carbocycles. The van der Waals surface area contributed by atoms with Crippen LogP contribution in [0, 0.1) is 0 Å². The smallest absolute Gasteiger partial charge is 0.387 e. The van der Waals surface area contributed by atoms with E-state index in [1.165, 1.54) is 36.1 Å². The van der Waals surface area contributed by atoms with Gasteiger partial charge in [0.25, 0.3) is 0 Å². The molecule has 0 amide bonds. The second-order valence-corrected chi connectivity index (χ2v) is 6.04. The largest absolute Gasteiger partial charge is 0.435 e.